The second-order valence-electron chi connectivity index (χ2n) is 5.80. The summed E-state index contributed by atoms with van der Waals surface area (Å²) in [6, 6.07) is 18.0. The van der Waals surface area contributed by atoms with Crippen LogP contribution in [0.5, 0.6) is 5.75 Å². The van der Waals surface area contributed by atoms with Crippen molar-refractivity contribution in [1.82, 2.24) is 14.6 Å². The molecule has 2 aromatic heterocycles. The van der Waals surface area contributed by atoms with Crippen LogP contribution in [0.1, 0.15) is 11.3 Å². The predicted octanol–water partition coefficient (Wildman–Crippen LogP) is 4.42. The maximum Gasteiger partial charge on any atom is 0.155 e. The van der Waals surface area contributed by atoms with E-state index < -0.39 is 0 Å². The molecule has 4 aromatic rings. The average Bonchev–Trinajstić information content (AvgIpc) is 3.02. The summed E-state index contributed by atoms with van der Waals surface area (Å²) in [5.74, 6) is 0.491. The molecular weight excluding hydrogens is 317 g/mol. The molecule has 0 atom stereocenters. The van der Waals surface area contributed by atoms with Crippen LogP contribution in [-0.2, 0) is 6.61 Å². The van der Waals surface area contributed by atoms with Crippen molar-refractivity contribution in [2.45, 2.75) is 13.5 Å². The SMILES string of the molecule is Cc1cc2nccc(-c3ccccc3OCc3ccc(F)cc3)n2n1. The number of halogens is 1. The number of rotatable bonds is 4. The van der Waals surface area contributed by atoms with Gasteiger partial charge in [-0.15, -0.1) is 0 Å². The number of ether oxygens (including phenoxy) is 1. The third-order valence-corrected chi connectivity index (χ3v) is 3.95. The molecule has 0 bridgehead atoms. The molecule has 4 rings (SSSR count). The zero-order valence-corrected chi connectivity index (χ0v) is 13.7. The Morgan fingerprint density at radius 3 is 2.68 bits per heavy atom. The maximum atomic E-state index is 13.0. The van der Waals surface area contributed by atoms with Crippen LogP contribution in [0, 0.1) is 12.7 Å². The summed E-state index contributed by atoms with van der Waals surface area (Å²) >= 11 is 0. The molecule has 0 saturated heterocycles. The molecule has 0 spiro atoms. The van der Waals surface area contributed by atoms with E-state index in [-0.39, 0.29) is 5.82 Å². The average molecular weight is 333 g/mol. The molecule has 0 N–H and O–H groups in total. The molecule has 25 heavy (non-hydrogen) atoms. The Balaban J connectivity index is 1.70. The molecule has 0 saturated carbocycles. The van der Waals surface area contributed by atoms with Gasteiger partial charge in [0, 0.05) is 17.8 Å². The van der Waals surface area contributed by atoms with Crippen molar-refractivity contribution in [3.63, 3.8) is 0 Å². The van der Waals surface area contributed by atoms with Crippen molar-refractivity contribution in [2.24, 2.45) is 0 Å². The van der Waals surface area contributed by atoms with Crippen molar-refractivity contribution in [2.75, 3.05) is 0 Å². The number of hydrogen-bond acceptors (Lipinski definition) is 3. The lowest BCUT2D eigenvalue weighted by atomic mass is 10.1. The first kappa shape index (κ1) is 15.3. The van der Waals surface area contributed by atoms with Gasteiger partial charge >= 0.3 is 0 Å². The Bertz CT molecular complexity index is 1020. The van der Waals surface area contributed by atoms with Gasteiger partial charge in [-0.2, -0.15) is 5.10 Å². The van der Waals surface area contributed by atoms with Crippen LogP contribution in [0.2, 0.25) is 0 Å². The zero-order chi connectivity index (χ0) is 17.2. The van der Waals surface area contributed by atoms with Crippen LogP contribution in [0.4, 0.5) is 4.39 Å². The van der Waals surface area contributed by atoms with Gasteiger partial charge in [-0.25, -0.2) is 13.9 Å². The van der Waals surface area contributed by atoms with Gasteiger partial charge in [0.15, 0.2) is 5.65 Å². The summed E-state index contributed by atoms with van der Waals surface area (Å²) in [7, 11) is 0. The second-order valence-corrected chi connectivity index (χ2v) is 5.80. The van der Waals surface area contributed by atoms with Crippen LogP contribution < -0.4 is 4.74 Å². The molecular formula is C20H16FN3O. The Labute approximate surface area is 144 Å². The molecule has 0 fully saturated rings. The minimum atomic E-state index is -0.252. The highest BCUT2D eigenvalue weighted by Crippen LogP contribution is 2.30. The van der Waals surface area contributed by atoms with Crippen LogP contribution in [-0.4, -0.2) is 14.6 Å². The van der Waals surface area contributed by atoms with E-state index in [1.165, 1.54) is 12.1 Å². The Hall–Kier alpha value is -3.21. The predicted molar refractivity (Wildman–Crippen MR) is 93.9 cm³/mol. The molecule has 0 unspecified atom stereocenters. The molecule has 124 valence electrons. The number of fused-ring (bicyclic) bond motifs is 1. The molecule has 2 heterocycles. The number of aryl methyl sites for hydroxylation is 1. The molecule has 0 aliphatic carbocycles. The van der Waals surface area contributed by atoms with Gasteiger partial charge < -0.3 is 4.74 Å². The second kappa shape index (κ2) is 6.36. The summed E-state index contributed by atoms with van der Waals surface area (Å²) in [5, 5.41) is 4.52. The molecule has 0 radical (unpaired) electrons. The third kappa shape index (κ3) is 3.08. The van der Waals surface area contributed by atoms with Crippen molar-refractivity contribution < 1.29 is 9.13 Å². The van der Waals surface area contributed by atoms with Crippen LogP contribution >= 0.6 is 0 Å². The molecule has 0 aliphatic heterocycles. The number of hydrogen-bond donors (Lipinski definition) is 0. The normalized spacial score (nSPS) is 11.0. The minimum absolute atomic E-state index is 0.252. The summed E-state index contributed by atoms with van der Waals surface area (Å²) in [4.78, 5) is 4.34. The minimum Gasteiger partial charge on any atom is -0.488 e. The molecule has 0 amide bonds. The number of para-hydroxylation sites is 1. The smallest absolute Gasteiger partial charge is 0.155 e. The van der Waals surface area contributed by atoms with Gasteiger partial charge in [-0.3, -0.25) is 0 Å². The summed E-state index contributed by atoms with van der Waals surface area (Å²) in [6.07, 6.45) is 1.77. The monoisotopic (exact) mass is 333 g/mol. The molecule has 4 nitrogen and oxygen atoms in total. The Morgan fingerprint density at radius 1 is 1.04 bits per heavy atom. The fraction of sp³-hybridized carbons (Fsp3) is 0.100. The number of benzene rings is 2. The van der Waals surface area contributed by atoms with E-state index in [0.717, 1.165) is 33.9 Å². The molecule has 2 aromatic carbocycles. The van der Waals surface area contributed by atoms with Gasteiger partial charge in [0.2, 0.25) is 0 Å². The van der Waals surface area contributed by atoms with E-state index in [0.29, 0.717) is 6.61 Å². The van der Waals surface area contributed by atoms with E-state index in [1.807, 2.05) is 47.8 Å². The molecule has 0 aliphatic rings. The van der Waals surface area contributed by atoms with Crippen LogP contribution in [0.25, 0.3) is 16.9 Å². The van der Waals surface area contributed by atoms with Crippen molar-refractivity contribution in [3.8, 4) is 17.0 Å². The van der Waals surface area contributed by atoms with E-state index in [2.05, 4.69) is 10.1 Å². The highest BCUT2D eigenvalue weighted by molar-refractivity contribution is 5.69. The lowest BCUT2D eigenvalue weighted by Gasteiger charge is -2.12. The lowest BCUT2D eigenvalue weighted by Crippen LogP contribution is -2.00. The first-order valence-corrected chi connectivity index (χ1v) is 7.99. The van der Waals surface area contributed by atoms with Gasteiger partial charge in [0.05, 0.1) is 11.4 Å². The fourth-order valence-electron chi connectivity index (χ4n) is 2.76. The quantitative estimate of drug-likeness (QED) is 0.555. The summed E-state index contributed by atoms with van der Waals surface area (Å²) < 4.78 is 20.8. The first-order chi connectivity index (χ1) is 12.2. The van der Waals surface area contributed by atoms with Gasteiger partial charge in [0.25, 0.3) is 0 Å². The number of nitrogens with zero attached hydrogens (tertiary/aromatic N) is 3. The highest BCUT2D eigenvalue weighted by atomic mass is 19.1. The fourth-order valence-corrected chi connectivity index (χ4v) is 2.76. The Kier molecular flexibility index (Phi) is 3.90. The highest BCUT2D eigenvalue weighted by Gasteiger charge is 2.11. The van der Waals surface area contributed by atoms with Gasteiger partial charge in [-0.1, -0.05) is 24.3 Å². The standard InChI is InChI=1S/C20H16FN3O/c1-14-12-20-22-11-10-18(24(20)23-14)17-4-2-3-5-19(17)25-13-15-6-8-16(21)9-7-15/h2-12H,13H2,1H3. The van der Waals surface area contributed by atoms with E-state index in [1.54, 1.807) is 18.3 Å². The van der Waals surface area contributed by atoms with E-state index in [9.17, 15) is 4.39 Å². The number of aromatic nitrogens is 3. The Morgan fingerprint density at radius 2 is 1.84 bits per heavy atom. The van der Waals surface area contributed by atoms with Crippen molar-refractivity contribution in [1.29, 1.82) is 0 Å². The molecule has 5 heteroatoms. The summed E-state index contributed by atoms with van der Waals surface area (Å²) in [5.41, 5.74) is 4.45. The topological polar surface area (TPSA) is 39.4 Å². The largest absolute Gasteiger partial charge is 0.488 e. The maximum absolute atomic E-state index is 13.0. The van der Waals surface area contributed by atoms with Gasteiger partial charge in [0.1, 0.15) is 18.2 Å². The van der Waals surface area contributed by atoms with Crippen molar-refractivity contribution in [3.05, 3.63) is 83.9 Å². The van der Waals surface area contributed by atoms with E-state index >= 15 is 0 Å². The third-order valence-electron chi connectivity index (χ3n) is 3.95. The van der Waals surface area contributed by atoms with E-state index in [4.69, 9.17) is 4.74 Å². The van der Waals surface area contributed by atoms with Gasteiger partial charge in [-0.05, 0) is 42.8 Å². The van der Waals surface area contributed by atoms with Crippen molar-refractivity contribution >= 4 is 5.65 Å². The zero-order valence-electron chi connectivity index (χ0n) is 13.7. The lowest BCUT2D eigenvalue weighted by molar-refractivity contribution is 0.307. The van der Waals surface area contributed by atoms with Crippen LogP contribution in [0.3, 0.4) is 0 Å². The summed E-state index contributed by atoms with van der Waals surface area (Å²) in [6.45, 7) is 2.30. The first-order valence-electron chi connectivity index (χ1n) is 7.99. The van der Waals surface area contributed by atoms with Crippen LogP contribution in [0.15, 0.2) is 66.9 Å².